The lowest BCUT2D eigenvalue weighted by atomic mass is 10.1. The van der Waals surface area contributed by atoms with Crippen LogP contribution in [0.4, 0.5) is 11.4 Å². The highest BCUT2D eigenvalue weighted by atomic mass is 16.6. The standard InChI is InChI=1S/C19H22N4O6/c1-4-9-29-16-8-6-13(11-17(16)28-3)19(25)22-21-18(24)12-5-7-14(20-2)15(10-12)23(26)27/h5-8,10-11,20H,4,9H2,1-3H3,(H,21,24)(H,22,25). The third-order valence-electron chi connectivity index (χ3n) is 3.90. The maximum absolute atomic E-state index is 12.3. The van der Waals surface area contributed by atoms with Crippen LogP contribution in [0.3, 0.4) is 0 Å². The van der Waals surface area contributed by atoms with Crippen LogP contribution in [0, 0.1) is 10.1 Å². The second-order valence-corrected chi connectivity index (χ2v) is 5.86. The van der Waals surface area contributed by atoms with Crippen molar-refractivity contribution in [2.24, 2.45) is 0 Å². The molecule has 0 unspecified atom stereocenters. The summed E-state index contributed by atoms with van der Waals surface area (Å²) in [6.07, 6.45) is 0.824. The normalized spacial score (nSPS) is 10.0. The number of nitro groups is 1. The molecule has 0 aliphatic carbocycles. The van der Waals surface area contributed by atoms with Gasteiger partial charge in [-0.05, 0) is 36.8 Å². The van der Waals surface area contributed by atoms with Crippen LogP contribution >= 0.6 is 0 Å². The quantitative estimate of drug-likeness (QED) is 0.456. The van der Waals surface area contributed by atoms with Crippen LogP contribution < -0.4 is 25.6 Å². The zero-order valence-corrected chi connectivity index (χ0v) is 16.3. The van der Waals surface area contributed by atoms with Crippen LogP contribution in [0.5, 0.6) is 11.5 Å². The van der Waals surface area contributed by atoms with E-state index in [1.54, 1.807) is 6.07 Å². The lowest BCUT2D eigenvalue weighted by Gasteiger charge is -2.12. The van der Waals surface area contributed by atoms with Crippen molar-refractivity contribution in [3.8, 4) is 11.5 Å². The van der Waals surface area contributed by atoms with Gasteiger partial charge in [-0.1, -0.05) is 6.92 Å². The highest BCUT2D eigenvalue weighted by Gasteiger charge is 2.18. The zero-order chi connectivity index (χ0) is 21.4. The molecule has 154 valence electrons. The van der Waals surface area contributed by atoms with E-state index in [-0.39, 0.29) is 22.5 Å². The Morgan fingerprint density at radius 2 is 1.66 bits per heavy atom. The minimum absolute atomic E-state index is 0.0249. The first-order valence-corrected chi connectivity index (χ1v) is 8.79. The van der Waals surface area contributed by atoms with Crippen molar-refractivity contribution in [1.29, 1.82) is 0 Å². The fourth-order valence-electron chi connectivity index (χ4n) is 2.43. The summed E-state index contributed by atoms with van der Waals surface area (Å²) in [4.78, 5) is 35.0. The lowest BCUT2D eigenvalue weighted by Crippen LogP contribution is -2.41. The summed E-state index contributed by atoms with van der Waals surface area (Å²) in [5, 5.41) is 13.8. The Morgan fingerprint density at radius 1 is 1.03 bits per heavy atom. The number of anilines is 1. The van der Waals surface area contributed by atoms with Gasteiger partial charge in [0, 0.05) is 24.2 Å². The first-order valence-electron chi connectivity index (χ1n) is 8.79. The first-order chi connectivity index (χ1) is 13.9. The molecule has 10 nitrogen and oxygen atoms in total. The van der Waals surface area contributed by atoms with Crippen molar-refractivity contribution < 1.29 is 24.0 Å². The molecular formula is C19H22N4O6. The summed E-state index contributed by atoms with van der Waals surface area (Å²) in [6.45, 7) is 2.48. The summed E-state index contributed by atoms with van der Waals surface area (Å²) in [6, 6.07) is 8.56. The number of carbonyl (C=O) groups excluding carboxylic acids is 2. The molecule has 29 heavy (non-hydrogen) atoms. The molecule has 2 rings (SSSR count). The lowest BCUT2D eigenvalue weighted by molar-refractivity contribution is -0.384. The number of benzene rings is 2. The average molecular weight is 402 g/mol. The van der Waals surface area contributed by atoms with Gasteiger partial charge in [0.1, 0.15) is 5.69 Å². The number of ether oxygens (including phenoxy) is 2. The monoisotopic (exact) mass is 402 g/mol. The van der Waals surface area contributed by atoms with Crippen molar-refractivity contribution in [2.45, 2.75) is 13.3 Å². The smallest absolute Gasteiger partial charge is 0.293 e. The molecule has 0 aliphatic rings. The van der Waals surface area contributed by atoms with Crippen molar-refractivity contribution >= 4 is 23.2 Å². The number of hydrazine groups is 1. The fraction of sp³-hybridized carbons (Fsp3) is 0.263. The Balaban J connectivity index is 2.08. The SMILES string of the molecule is CCCOc1ccc(C(=O)NNC(=O)c2ccc(NC)c([N+](=O)[O-])c2)cc1OC. The molecule has 0 aromatic heterocycles. The molecule has 2 amide bonds. The first kappa shape index (κ1) is 21.5. The molecule has 10 heteroatoms. The number of carbonyl (C=O) groups is 2. The maximum atomic E-state index is 12.3. The Labute approximate surface area is 167 Å². The van der Waals surface area contributed by atoms with E-state index in [9.17, 15) is 19.7 Å². The van der Waals surface area contributed by atoms with Gasteiger partial charge in [0.2, 0.25) is 0 Å². The van der Waals surface area contributed by atoms with Gasteiger partial charge in [-0.15, -0.1) is 0 Å². The number of nitrogens with zero attached hydrogens (tertiary/aromatic N) is 1. The van der Waals surface area contributed by atoms with Crippen LogP contribution in [0.25, 0.3) is 0 Å². The van der Waals surface area contributed by atoms with Crippen LogP contribution in [-0.4, -0.2) is 37.5 Å². The van der Waals surface area contributed by atoms with Gasteiger partial charge < -0.3 is 14.8 Å². The van der Waals surface area contributed by atoms with E-state index in [2.05, 4.69) is 16.2 Å². The topological polar surface area (TPSA) is 132 Å². The Morgan fingerprint density at radius 3 is 2.21 bits per heavy atom. The highest BCUT2D eigenvalue weighted by molar-refractivity contribution is 6.00. The van der Waals surface area contributed by atoms with E-state index in [1.807, 2.05) is 6.92 Å². The predicted octanol–water partition coefficient (Wildman–Crippen LogP) is 2.51. The number of amides is 2. The third-order valence-corrected chi connectivity index (χ3v) is 3.90. The van der Waals surface area contributed by atoms with E-state index in [1.165, 1.54) is 38.4 Å². The molecule has 0 aliphatic heterocycles. The van der Waals surface area contributed by atoms with E-state index in [0.717, 1.165) is 12.5 Å². The minimum Gasteiger partial charge on any atom is -0.493 e. The highest BCUT2D eigenvalue weighted by Crippen LogP contribution is 2.28. The predicted molar refractivity (Wildman–Crippen MR) is 106 cm³/mol. The van der Waals surface area contributed by atoms with Gasteiger partial charge in [-0.3, -0.25) is 30.6 Å². The number of methoxy groups -OCH3 is 1. The van der Waals surface area contributed by atoms with E-state index < -0.39 is 16.7 Å². The number of nitrogens with one attached hydrogen (secondary N) is 3. The molecule has 0 fully saturated rings. The van der Waals surface area contributed by atoms with E-state index >= 15 is 0 Å². The molecule has 0 saturated carbocycles. The van der Waals surface area contributed by atoms with Crippen molar-refractivity contribution in [2.75, 3.05) is 26.1 Å². The molecule has 0 atom stereocenters. The summed E-state index contributed by atoms with van der Waals surface area (Å²) in [7, 11) is 2.99. The largest absolute Gasteiger partial charge is 0.493 e. The van der Waals surface area contributed by atoms with E-state index in [4.69, 9.17) is 9.47 Å². The summed E-state index contributed by atoms with van der Waals surface area (Å²) in [5.41, 5.74) is 4.79. The molecule has 0 saturated heterocycles. The second kappa shape index (κ2) is 9.93. The molecular weight excluding hydrogens is 380 g/mol. The molecule has 2 aromatic rings. The summed E-state index contributed by atoms with van der Waals surface area (Å²) < 4.78 is 10.8. The Kier molecular flexibility index (Phi) is 7.35. The van der Waals surface area contributed by atoms with Crippen LogP contribution in [0.2, 0.25) is 0 Å². The number of nitro benzene ring substituents is 1. The zero-order valence-electron chi connectivity index (χ0n) is 16.3. The molecule has 2 aromatic carbocycles. The number of rotatable bonds is 8. The second-order valence-electron chi connectivity index (χ2n) is 5.86. The van der Waals surface area contributed by atoms with E-state index in [0.29, 0.717) is 18.1 Å². The van der Waals surface area contributed by atoms with Crippen molar-refractivity contribution in [1.82, 2.24) is 10.9 Å². The van der Waals surface area contributed by atoms with Gasteiger partial charge in [0.25, 0.3) is 17.5 Å². The van der Waals surface area contributed by atoms with Crippen molar-refractivity contribution in [3.05, 3.63) is 57.6 Å². The van der Waals surface area contributed by atoms with Gasteiger partial charge in [-0.25, -0.2) is 0 Å². The van der Waals surface area contributed by atoms with Crippen LogP contribution in [0.1, 0.15) is 34.1 Å². The molecule has 0 spiro atoms. The van der Waals surface area contributed by atoms with Crippen LogP contribution in [0.15, 0.2) is 36.4 Å². The summed E-state index contributed by atoms with van der Waals surface area (Å²) >= 11 is 0. The maximum Gasteiger partial charge on any atom is 0.293 e. The number of hydrogen-bond acceptors (Lipinski definition) is 7. The van der Waals surface area contributed by atoms with Crippen LogP contribution in [-0.2, 0) is 0 Å². The van der Waals surface area contributed by atoms with Gasteiger partial charge in [0.15, 0.2) is 11.5 Å². The van der Waals surface area contributed by atoms with Crippen molar-refractivity contribution in [3.63, 3.8) is 0 Å². The minimum atomic E-state index is -0.695. The number of hydrogen-bond donors (Lipinski definition) is 3. The molecule has 0 heterocycles. The van der Waals surface area contributed by atoms with Gasteiger partial charge in [-0.2, -0.15) is 0 Å². The fourth-order valence-corrected chi connectivity index (χ4v) is 2.43. The van der Waals surface area contributed by atoms with Gasteiger partial charge >= 0.3 is 0 Å². The summed E-state index contributed by atoms with van der Waals surface area (Å²) in [5.74, 6) is -0.387. The third kappa shape index (κ3) is 5.34. The molecule has 3 N–H and O–H groups in total. The average Bonchev–Trinajstić information content (AvgIpc) is 2.74. The Hall–Kier alpha value is -3.82. The van der Waals surface area contributed by atoms with Gasteiger partial charge in [0.05, 0.1) is 18.6 Å². The molecule has 0 bridgehead atoms. The molecule has 0 radical (unpaired) electrons. The Bertz CT molecular complexity index is 916.